The van der Waals surface area contributed by atoms with Gasteiger partial charge < -0.3 is 55.1 Å². The summed E-state index contributed by atoms with van der Waals surface area (Å²) in [6.07, 6.45) is -4.77. The molecular weight excluding hydrogens is 628 g/mol. The van der Waals surface area contributed by atoms with E-state index in [-0.39, 0.29) is 11.1 Å². The van der Waals surface area contributed by atoms with Crippen LogP contribution < -0.4 is 0 Å². The molecule has 2 aromatic carbocycles. The molecular formula is C31H32O16. The second-order valence-corrected chi connectivity index (χ2v) is 11.1. The van der Waals surface area contributed by atoms with Crippen LogP contribution in [0.25, 0.3) is 12.2 Å². The van der Waals surface area contributed by atoms with Gasteiger partial charge >= 0.3 is 29.8 Å². The summed E-state index contributed by atoms with van der Waals surface area (Å²) in [5, 5.41) is 78.2. The van der Waals surface area contributed by atoms with Crippen molar-refractivity contribution in [2.45, 2.75) is 62.1 Å². The van der Waals surface area contributed by atoms with Gasteiger partial charge in [-0.2, -0.15) is 0 Å². The van der Waals surface area contributed by atoms with Crippen molar-refractivity contribution in [1.29, 1.82) is 0 Å². The van der Waals surface area contributed by atoms with Crippen molar-refractivity contribution in [1.82, 2.24) is 0 Å². The number of rotatable bonds is 12. The first kappa shape index (κ1) is 35.9. The summed E-state index contributed by atoms with van der Waals surface area (Å²) in [4.78, 5) is 61.5. The van der Waals surface area contributed by atoms with Crippen molar-refractivity contribution in [3.8, 4) is 23.0 Å². The Morgan fingerprint density at radius 3 is 1.68 bits per heavy atom. The van der Waals surface area contributed by atoms with Gasteiger partial charge in [-0.15, -0.1) is 0 Å². The molecule has 2 aromatic rings. The zero-order valence-corrected chi connectivity index (χ0v) is 24.7. The fourth-order valence-electron chi connectivity index (χ4n) is 4.65. The minimum absolute atomic E-state index is 0.233. The Kier molecular flexibility index (Phi) is 11.2. The van der Waals surface area contributed by atoms with Gasteiger partial charge in [0.15, 0.2) is 34.7 Å². The zero-order valence-electron chi connectivity index (χ0n) is 24.7. The Bertz CT molecular complexity index is 1590. The molecule has 47 heavy (non-hydrogen) atoms. The second-order valence-electron chi connectivity index (χ2n) is 11.1. The summed E-state index contributed by atoms with van der Waals surface area (Å²) < 4.78 is 16.0. The maximum atomic E-state index is 12.9. The van der Waals surface area contributed by atoms with Crippen LogP contribution in [0.5, 0.6) is 23.0 Å². The quantitative estimate of drug-likeness (QED) is 0.0687. The minimum Gasteiger partial charge on any atom is -0.504 e. The van der Waals surface area contributed by atoms with E-state index in [1.165, 1.54) is 18.2 Å². The summed E-state index contributed by atoms with van der Waals surface area (Å²) in [5.41, 5.74) is -4.33. The first-order chi connectivity index (χ1) is 21.9. The number of hydrogen-bond donors (Lipinski definition) is 8. The normalized spacial score (nSPS) is 22.3. The second kappa shape index (κ2) is 14.7. The van der Waals surface area contributed by atoms with Gasteiger partial charge in [0, 0.05) is 25.0 Å². The van der Waals surface area contributed by atoms with E-state index in [1.807, 2.05) is 0 Å². The van der Waals surface area contributed by atoms with E-state index in [0.29, 0.717) is 0 Å². The van der Waals surface area contributed by atoms with E-state index in [2.05, 4.69) is 0 Å². The van der Waals surface area contributed by atoms with Crippen LogP contribution in [-0.4, -0.2) is 100 Å². The number of phenols is 4. The highest BCUT2D eigenvalue weighted by Crippen LogP contribution is 2.36. The van der Waals surface area contributed by atoms with E-state index in [1.54, 1.807) is 0 Å². The maximum Gasteiger partial charge on any atom is 0.335 e. The number of aromatic hydroxyl groups is 4. The first-order valence-corrected chi connectivity index (χ1v) is 13.8. The molecule has 0 aliphatic heterocycles. The average molecular weight is 661 g/mol. The van der Waals surface area contributed by atoms with Crippen molar-refractivity contribution < 1.29 is 79.0 Å². The molecule has 0 bridgehead atoms. The lowest BCUT2D eigenvalue weighted by Crippen LogP contribution is -2.59. The molecule has 3 rings (SSSR count). The minimum atomic E-state index is -2.69. The fourth-order valence-corrected chi connectivity index (χ4v) is 4.65. The monoisotopic (exact) mass is 660 g/mol. The summed E-state index contributed by atoms with van der Waals surface area (Å²) in [6.45, 7) is 1.03. The van der Waals surface area contributed by atoms with Crippen LogP contribution >= 0.6 is 0 Å². The first-order valence-electron chi connectivity index (χ1n) is 13.8. The molecule has 8 N–H and O–H groups in total. The van der Waals surface area contributed by atoms with Gasteiger partial charge in [0.2, 0.25) is 0 Å². The van der Waals surface area contributed by atoms with Crippen LogP contribution in [0.3, 0.4) is 0 Å². The third-order valence-corrected chi connectivity index (χ3v) is 6.89. The molecule has 0 saturated heterocycles. The molecule has 1 aliphatic rings. The SMILES string of the molecule is CC(O)(CC(=O)O)CC(=O)O[C@@H]1C[C@@](O)(C(=O)O)C[C@@H](OC(=O)/C=C/c2ccc(O)c(O)c2)[C@@H]1OC(=O)/C=C/c1ccc(O)c(O)c1. The topological polar surface area (TPSA) is 275 Å². The van der Waals surface area contributed by atoms with E-state index >= 15 is 0 Å². The summed E-state index contributed by atoms with van der Waals surface area (Å²) in [7, 11) is 0. The summed E-state index contributed by atoms with van der Waals surface area (Å²) in [5.74, 6) is -8.63. The highest BCUT2D eigenvalue weighted by Gasteiger charge is 2.54. The van der Waals surface area contributed by atoms with Gasteiger partial charge in [0.25, 0.3) is 0 Å². The molecule has 1 saturated carbocycles. The van der Waals surface area contributed by atoms with Crippen LogP contribution in [0, 0.1) is 0 Å². The molecule has 1 unspecified atom stereocenters. The molecule has 1 fully saturated rings. The lowest BCUT2D eigenvalue weighted by molar-refractivity contribution is -0.213. The smallest absolute Gasteiger partial charge is 0.335 e. The molecule has 5 atom stereocenters. The Morgan fingerprint density at radius 2 is 1.23 bits per heavy atom. The Balaban J connectivity index is 1.92. The molecule has 16 nitrogen and oxygen atoms in total. The Labute approximate surface area is 266 Å². The van der Waals surface area contributed by atoms with Gasteiger partial charge in [-0.25, -0.2) is 14.4 Å². The molecule has 0 amide bonds. The van der Waals surface area contributed by atoms with Crippen molar-refractivity contribution in [3.63, 3.8) is 0 Å². The molecule has 1 aliphatic carbocycles. The van der Waals surface area contributed by atoms with Gasteiger partial charge in [-0.1, -0.05) is 12.1 Å². The third kappa shape index (κ3) is 10.2. The van der Waals surface area contributed by atoms with E-state index in [4.69, 9.17) is 19.3 Å². The molecule has 16 heteroatoms. The van der Waals surface area contributed by atoms with Crippen molar-refractivity contribution in [3.05, 3.63) is 59.7 Å². The Morgan fingerprint density at radius 1 is 0.766 bits per heavy atom. The van der Waals surface area contributed by atoms with Gasteiger partial charge in [-0.3, -0.25) is 9.59 Å². The van der Waals surface area contributed by atoms with E-state index < -0.39 is 108 Å². The lowest BCUT2D eigenvalue weighted by Gasteiger charge is -2.42. The number of phenolic OH excluding ortho intramolecular Hbond substituents is 4. The standard InChI is InChI=1S/C31H32O16/c1-30(43,14-24(36)37)15-27(40)46-23-13-31(44,29(41)42)12-22(45-25(38)8-4-16-2-6-18(32)20(34)10-16)28(23)47-26(39)9-5-17-3-7-19(33)21(35)11-17/h2-11,22-23,28,32-35,43-44H,12-15H2,1H3,(H,36,37)(H,41,42)/b8-4+,9-5+/t22-,23-,28+,30?,31-/m1/s1. The van der Waals surface area contributed by atoms with Crippen LogP contribution in [-0.2, 0) is 38.2 Å². The molecule has 0 aromatic heterocycles. The summed E-state index contributed by atoms with van der Waals surface area (Å²) in [6, 6.07) is 7.19. The van der Waals surface area contributed by atoms with Gasteiger partial charge in [0.1, 0.15) is 12.2 Å². The number of carboxylic acid groups (broad SMARTS) is 2. The number of carbonyl (C=O) groups is 5. The van der Waals surface area contributed by atoms with Gasteiger partial charge in [-0.05, 0) is 54.5 Å². The van der Waals surface area contributed by atoms with Crippen LogP contribution in [0.1, 0.15) is 43.7 Å². The van der Waals surface area contributed by atoms with Crippen LogP contribution in [0.4, 0.5) is 0 Å². The fraction of sp³-hybridized carbons (Fsp3) is 0.323. The Hall–Kier alpha value is -5.61. The lowest BCUT2D eigenvalue weighted by atomic mass is 9.79. The molecule has 252 valence electrons. The van der Waals surface area contributed by atoms with Crippen molar-refractivity contribution >= 4 is 42.0 Å². The predicted molar refractivity (Wildman–Crippen MR) is 157 cm³/mol. The van der Waals surface area contributed by atoms with Crippen LogP contribution in [0.2, 0.25) is 0 Å². The summed E-state index contributed by atoms with van der Waals surface area (Å²) >= 11 is 0. The number of aliphatic hydroxyl groups is 2. The molecule has 0 radical (unpaired) electrons. The highest BCUT2D eigenvalue weighted by molar-refractivity contribution is 5.88. The number of esters is 3. The zero-order chi connectivity index (χ0) is 35.1. The number of carbonyl (C=O) groups excluding carboxylic acids is 3. The number of hydrogen-bond acceptors (Lipinski definition) is 14. The maximum absolute atomic E-state index is 12.9. The van der Waals surface area contributed by atoms with Crippen molar-refractivity contribution in [2.75, 3.05) is 0 Å². The average Bonchev–Trinajstić information content (AvgIpc) is 2.95. The number of carboxylic acids is 2. The largest absolute Gasteiger partial charge is 0.504 e. The van der Waals surface area contributed by atoms with E-state index in [9.17, 15) is 59.7 Å². The van der Waals surface area contributed by atoms with Crippen LogP contribution in [0.15, 0.2) is 48.6 Å². The van der Waals surface area contributed by atoms with Gasteiger partial charge in [0.05, 0.1) is 18.4 Å². The van der Waals surface area contributed by atoms with Crippen molar-refractivity contribution in [2.24, 2.45) is 0 Å². The highest BCUT2D eigenvalue weighted by atomic mass is 16.6. The molecule has 0 heterocycles. The number of benzene rings is 2. The third-order valence-electron chi connectivity index (χ3n) is 6.89. The van der Waals surface area contributed by atoms with E-state index in [0.717, 1.165) is 49.4 Å². The number of ether oxygens (including phenoxy) is 3. The predicted octanol–water partition coefficient (Wildman–Crippen LogP) is 1.20. The molecule has 0 spiro atoms. The number of aliphatic carboxylic acids is 2.